The van der Waals surface area contributed by atoms with Crippen LogP contribution in [0.4, 0.5) is 10.1 Å². The average Bonchev–Trinajstić information content (AvgIpc) is 3.34. The van der Waals surface area contributed by atoms with Gasteiger partial charge in [0, 0.05) is 18.2 Å². The molecule has 1 amide bonds. The number of amides is 1. The first-order valence-corrected chi connectivity index (χ1v) is 10.8. The van der Waals surface area contributed by atoms with E-state index in [4.69, 9.17) is 9.15 Å². The zero-order chi connectivity index (χ0) is 21.8. The number of carbonyl (C=O) groups is 1. The maximum Gasteiger partial charge on any atom is 0.266 e. The molecule has 7 heteroatoms. The van der Waals surface area contributed by atoms with E-state index in [9.17, 15) is 9.18 Å². The third kappa shape index (κ3) is 4.72. The highest BCUT2D eigenvalue weighted by Crippen LogP contribution is 2.35. The van der Waals surface area contributed by atoms with Crippen molar-refractivity contribution in [2.24, 2.45) is 4.99 Å². The number of ether oxygens (including phenoxy) is 1. The molecule has 158 valence electrons. The molecule has 0 saturated carbocycles. The van der Waals surface area contributed by atoms with Crippen LogP contribution in [0, 0.1) is 5.82 Å². The van der Waals surface area contributed by atoms with Gasteiger partial charge in [-0.15, -0.1) is 0 Å². The number of amidine groups is 1. The highest BCUT2D eigenvalue weighted by atomic mass is 32.2. The molecular weight excluding hydrogens is 415 g/mol. The van der Waals surface area contributed by atoms with Crippen molar-refractivity contribution in [1.82, 2.24) is 4.90 Å². The van der Waals surface area contributed by atoms with Gasteiger partial charge in [-0.2, -0.15) is 0 Å². The van der Waals surface area contributed by atoms with Gasteiger partial charge in [0.05, 0.1) is 17.2 Å². The highest BCUT2D eigenvalue weighted by Gasteiger charge is 2.32. The average molecular weight is 437 g/mol. The molecule has 0 bridgehead atoms. The van der Waals surface area contributed by atoms with E-state index in [0.29, 0.717) is 40.3 Å². The molecule has 2 aromatic carbocycles. The zero-order valence-corrected chi connectivity index (χ0v) is 18.0. The lowest BCUT2D eigenvalue weighted by atomic mass is 10.2. The summed E-state index contributed by atoms with van der Waals surface area (Å²) in [6, 6.07) is 17.1. The largest absolute Gasteiger partial charge is 0.494 e. The maximum atomic E-state index is 13.5. The Bertz CT molecular complexity index is 1150. The fraction of sp³-hybridized carbons (Fsp3) is 0.167. The number of likely N-dealkylation sites (N-methyl/N-ethyl adjacent to an activating group) is 1. The number of hydrogen-bond donors (Lipinski definition) is 0. The van der Waals surface area contributed by atoms with E-state index in [-0.39, 0.29) is 11.7 Å². The minimum atomic E-state index is -0.330. The van der Waals surface area contributed by atoms with Crippen molar-refractivity contribution in [3.05, 3.63) is 77.1 Å². The van der Waals surface area contributed by atoms with E-state index >= 15 is 0 Å². The van der Waals surface area contributed by atoms with Crippen molar-refractivity contribution in [2.45, 2.75) is 13.8 Å². The normalized spacial score (nSPS) is 16.5. The highest BCUT2D eigenvalue weighted by molar-refractivity contribution is 8.18. The number of nitrogens with zero attached hydrogens (tertiary/aromatic N) is 2. The molecular formula is C24H21FN2O3S. The number of carbonyl (C=O) groups excluding carboxylic acids is 1. The Labute approximate surface area is 184 Å². The SMILES string of the molecule is CCOc1ccc(N=C2S/C(=C\c3ccc(-c4cccc(F)c4)o3)C(=O)N2CC)cc1. The zero-order valence-electron chi connectivity index (χ0n) is 17.2. The lowest BCUT2D eigenvalue weighted by Crippen LogP contribution is -2.28. The minimum Gasteiger partial charge on any atom is -0.494 e. The van der Waals surface area contributed by atoms with E-state index < -0.39 is 0 Å². The van der Waals surface area contributed by atoms with Crippen LogP contribution >= 0.6 is 11.8 Å². The summed E-state index contributed by atoms with van der Waals surface area (Å²) in [7, 11) is 0. The Balaban J connectivity index is 1.57. The molecule has 0 radical (unpaired) electrons. The van der Waals surface area contributed by atoms with Crippen molar-refractivity contribution in [2.75, 3.05) is 13.2 Å². The maximum absolute atomic E-state index is 13.5. The Morgan fingerprint density at radius 2 is 1.94 bits per heavy atom. The lowest BCUT2D eigenvalue weighted by Gasteiger charge is -2.12. The van der Waals surface area contributed by atoms with Crippen molar-refractivity contribution in [3.63, 3.8) is 0 Å². The predicted octanol–water partition coefficient (Wildman–Crippen LogP) is 6.11. The second-order valence-corrected chi connectivity index (χ2v) is 7.70. The second kappa shape index (κ2) is 9.22. The lowest BCUT2D eigenvalue weighted by molar-refractivity contribution is -0.122. The molecule has 0 atom stereocenters. The van der Waals surface area contributed by atoms with Crippen LogP contribution in [0.2, 0.25) is 0 Å². The monoisotopic (exact) mass is 436 g/mol. The number of benzene rings is 2. The number of furan rings is 1. The van der Waals surface area contributed by atoms with Crippen molar-refractivity contribution in [1.29, 1.82) is 0 Å². The number of rotatable bonds is 6. The van der Waals surface area contributed by atoms with Gasteiger partial charge in [0.15, 0.2) is 5.17 Å². The summed E-state index contributed by atoms with van der Waals surface area (Å²) in [5.74, 6) is 1.39. The molecule has 31 heavy (non-hydrogen) atoms. The molecule has 5 nitrogen and oxygen atoms in total. The first kappa shape index (κ1) is 20.9. The molecule has 1 aromatic heterocycles. The van der Waals surface area contributed by atoms with Crippen LogP contribution < -0.4 is 4.74 Å². The second-order valence-electron chi connectivity index (χ2n) is 6.69. The summed E-state index contributed by atoms with van der Waals surface area (Å²) < 4.78 is 24.7. The molecule has 1 aliphatic heterocycles. The van der Waals surface area contributed by atoms with Crippen molar-refractivity contribution >= 4 is 34.6 Å². The Hall–Kier alpha value is -3.32. The summed E-state index contributed by atoms with van der Waals surface area (Å²) in [5.41, 5.74) is 1.38. The van der Waals surface area contributed by atoms with Gasteiger partial charge in [0.25, 0.3) is 5.91 Å². The van der Waals surface area contributed by atoms with Gasteiger partial charge in [-0.05, 0) is 74.1 Å². The van der Waals surface area contributed by atoms with Crippen LogP contribution in [0.25, 0.3) is 17.4 Å². The first-order chi connectivity index (χ1) is 15.1. The molecule has 3 aromatic rings. The number of halogens is 1. The molecule has 1 fully saturated rings. The van der Waals surface area contributed by atoms with Gasteiger partial charge in [-0.3, -0.25) is 9.69 Å². The Morgan fingerprint density at radius 1 is 1.13 bits per heavy atom. The van der Waals surface area contributed by atoms with Crippen LogP contribution in [-0.2, 0) is 4.79 Å². The van der Waals surface area contributed by atoms with Crippen LogP contribution in [-0.4, -0.2) is 29.1 Å². The van der Waals surface area contributed by atoms with E-state index in [0.717, 1.165) is 11.4 Å². The first-order valence-electron chi connectivity index (χ1n) is 9.96. The summed E-state index contributed by atoms with van der Waals surface area (Å²) >= 11 is 1.30. The fourth-order valence-corrected chi connectivity index (χ4v) is 4.16. The summed E-state index contributed by atoms with van der Waals surface area (Å²) in [6.45, 7) is 4.95. The number of thioether (sulfide) groups is 1. The van der Waals surface area contributed by atoms with E-state index in [1.807, 2.05) is 38.1 Å². The van der Waals surface area contributed by atoms with Crippen LogP contribution in [0.15, 0.2) is 75.0 Å². The number of aliphatic imine (C=N–C) groups is 1. The third-order valence-electron chi connectivity index (χ3n) is 4.59. The summed E-state index contributed by atoms with van der Waals surface area (Å²) in [5, 5.41) is 0.611. The van der Waals surface area contributed by atoms with Gasteiger partial charge in [-0.25, -0.2) is 9.38 Å². The molecule has 0 unspecified atom stereocenters. The molecule has 0 aliphatic carbocycles. The fourth-order valence-electron chi connectivity index (χ4n) is 3.12. The molecule has 2 heterocycles. The topological polar surface area (TPSA) is 55.0 Å². The smallest absolute Gasteiger partial charge is 0.266 e. The third-order valence-corrected chi connectivity index (χ3v) is 5.59. The van der Waals surface area contributed by atoms with Crippen molar-refractivity contribution in [3.8, 4) is 17.1 Å². The van der Waals surface area contributed by atoms with Crippen LogP contribution in [0.1, 0.15) is 19.6 Å². The molecule has 4 rings (SSSR count). The standard InChI is InChI=1S/C24H21FN2O3S/c1-3-27-23(28)22(31-24(27)26-18-8-10-19(11-9-18)29-4-2)15-20-12-13-21(30-20)16-6-5-7-17(25)14-16/h5-15H,3-4H2,1-2H3/b22-15-,26-24?. The summed E-state index contributed by atoms with van der Waals surface area (Å²) in [4.78, 5) is 19.6. The molecule has 0 spiro atoms. The van der Waals surface area contributed by atoms with Gasteiger partial charge in [0.1, 0.15) is 23.1 Å². The Morgan fingerprint density at radius 3 is 2.65 bits per heavy atom. The molecule has 1 aliphatic rings. The van der Waals surface area contributed by atoms with Crippen molar-refractivity contribution < 1.29 is 18.3 Å². The molecule has 0 N–H and O–H groups in total. The van der Waals surface area contributed by atoms with E-state index in [2.05, 4.69) is 4.99 Å². The van der Waals surface area contributed by atoms with Gasteiger partial charge >= 0.3 is 0 Å². The quantitative estimate of drug-likeness (QED) is 0.438. The van der Waals surface area contributed by atoms with Crippen LogP contribution in [0.3, 0.4) is 0 Å². The van der Waals surface area contributed by atoms with E-state index in [1.165, 1.54) is 23.9 Å². The van der Waals surface area contributed by atoms with Gasteiger partial charge in [0.2, 0.25) is 0 Å². The summed E-state index contributed by atoms with van der Waals surface area (Å²) in [6.07, 6.45) is 1.69. The van der Waals surface area contributed by atoms with Gasteiger partial charge < -0.3 is 9.15 Å². The minimum absolute atomic E-state index is 0.124. The number of hydrogen-bond acceptors (Lipinski definition) is 5. The van der Waals surface area contributed by atoms with Gasteiger partial charge in [-0.1, -0.05) is 12.1 Å². The van der Waals surface area contributed by atoms with Crippen LogP contribution in [0.5, 0.6) is 5.75 Å². The molecule has 1 saturated heterocycles. The Kier molecular flexibility index (Phi) is 6.23. The van der Waals surface area contributed by atoms with E-state index in [1.54, 1.807) is 35.2 Å². The predicted molar refractivity (Wildman–Crippen MR) is 122 cm³/mol.